The number of rotatable bonds is 10. The minimum Gasteiger partial charge on any atom is -0.495 e. The maximum atomic E-state index is 13.2. The Balaban J connectivity index is 1.48. The Morgan fingerprint density at radius 3 is 2.49 bits per heavy atom. The molecule has 1 aliphatic rings. The number of hydrogen-bond donors (Lipinski definition) is 3. The van der Waals surface area contributed by atoms with E-state index < -0.39 is 28.6 Å². The Morgan fingerprint density at radius 1 is 1.13 bits per heavy atom. The molecule has 1 saturated heterocycles. The fourth-order valence-corrected chi connectivity index (χ4v) is 7.49. The van der Waals surface area contributed by atoms with Crippen LogP contribution in [0.4, 0.5) is 5.69 Å². The lowest BCUT2D eigenvalue weighted by Gasteiger charge is -2.32. The van der Waals surface area contributed by atoms with E-state index in [2.05, 4.69) is 5.32 Å². The molecule has 10 nitrogen and oxygen atoms in total. The minimum atomic E-state index is -3.80. The summed E-state index contributed by atoms with van der Waals surface area (Å²) in [5.74, 6) is -2.49. The maximum Gasteiger partial charge on any atom is 0.349 e. The molecule has 3 N–H and O–H groups in total. The molecule has 0 radical (unpaired) electrons. The molecule has 2 aromatic carbocycles. The highest BCUT2D eigenvalue weighted by atomic mass is 35.5. The van der Waals surface area contributed by atoms with Gasteiger partial charge in [0.2, 0.25) is 10.0 Å². The Labute approximate surface area is 238 Å². The van der Waals surface area contributed by atoms with Crippen LogP contribution in [0.15, 0.2) is 47.4 Å². The predicted octanol–water partition coefficient (Wildman–Crippen LogP) is 5.16. The molecule has 39 heavy (non-hydrogen) atoms. The number of halogens is 2. The molecule has 4 rings (SSSR count). The summed E-state index contributed by atoms with van der Waals surface area (Å²) < 4.78 is 38.3. The molecule has 14 heteroatoms. The van der Waals surface area contributed by atoms with Gasteiger partial charge in [-0.05, 0) is 48.7 Å². The molecule has 0 unspecified atom stereocenters. The highest BCUT2D eigenvalue weighted by molar-refractivity contribution is 7.89. The average molecular weight is 616 g/mol. The van der Waals surface area contributed by atoms with Crippen molar-refractivity contribution in [1.82, 2.24) is 4.31 Å². The summed E-state index contributed by atoms with van der Waals surface area (Å²) >= 11 is 13.3. The van der Waals surface area contributed by atoms with Gasteiger partial charge in [0.25, 0.3) is 0 Å². The number of anilines is 1. The third kappa shape index (κ3) is 6.42. The third-order valence-corrected chi connectivity index (χ3v) is 9.87. The number of carboxylic acid groups (broad SMARTS) is 2. The largest absolute Gasteiger partial charge is 0.495 e. The molecule has 0 aliphatic carbocycles. The van der Waals surface area contributed by atoms with Gasteiger partial charge in [-0.3, -0.25) is 0 Å². The number of aromatic carboxylic acids is 1. The van der Waals surface area contributed by atoms with Crippen LogP contribution in [-0.4, -0.2) is 67.7 Å². The van der Waals surface area contributed by atoms with Crippen LogP contribution < -0.4 is 14.8 Å². The van der Waals surface area contributed by atoms with Crippen molar-refractivity contribution in [2.75, 3.05) is 32.1 Å². The highest BCUT2D eigenvalue weighted by Crippen LogP contribution is 2.46. The monoisotopic (exact) mass is 614 g/mol. The quantitative estimate of drug-likeness (QED) is 0.282. The number of piperidine rings is 1. The number of methoxy groups -OCH3 is 1. The van der Waals surface area contributed by atoms with Crippen LogP contribution in [0.25, 0.3) is 10.4 Å². The molecule has 0 amide bonds. The Hall–Kier alpha value is -3.03. The zero-order chi connectivity index (χ0) is 28.3. The number of nitrogens with zero attached hydrogens (tertiary/aromatic N) is 1. The molecule has 2 heterocycles. The SMILES string of the molecule is COc1ccc(Cl)cc1S(=O)(=O)N1CCC(Nc2cccc(-c3sc(C(=O)O)c(OCC(=O)O)c3Cl)c2)CC1. The first-order chi connectivity index (χ1) is 18.5. The molecular formula is C25H24Cl2N2O8S2. The molecule has 0 bridgehead atoms. The smallest absolute Gasteiger partial charge is 0.349 e. The zero-order valence-electron chi connectivity index (χ0n) is 20.5. The Bertz CT molecular complexity index is 1500. The van der Waals surface area contributed by atoms with Crippen molar-refractivity contribution in [3.63, 3.8) is 0 Å². The van der Waals surface area contributed by atoms with Gasteiger partial charge >= 0.3 is 11.9 Å². The van der Waals surface area contributed by atoms with E-state index in [1.165, 1.54) is 23.5 Å². The van der Waals surface area contributed by atoms with Crippen LogP contribution >= 0.6 is 34.5 Å². The standard InChI is InChI=1S/C25H24Cl2N2O8S2/c1-36-18-6-5-15(26)12-19(18)39(34,35)29-9-7-16(8-10-29)28-17-4-2-3-14(11-17)23-21(27)22(37-13-20(30)31)24(38-23)25(32)33/h2-6,11-12,16,28H,7-10,13H2,1H3,(H,30,31)(H,32,33). The van der Waals surface area contributed by atoms with Gasteiger partial charge in [-0.1, -0.05) is 35.3 Å². The van der Waals surface area contributed by atoms with E-state index in [0.717, 1.165) is 17.0 Å². The summed E-state index contributed by atoms with van der Waals surface area (Å²) in [6.45, 7) is -0.146. The number of ether oxygens (including phenoxy) is 2. The predicted molar refractivity (Wildman–Crippen MR) is 148 cm³/mol. The van der Waals surface area contributed by atoms with Gasteiger partial charge in [0.1, 0.15) is 15.7 Å². The fraction of sp³-hybridized carbons (Fsp3) is 0.280. The lowest BCUT2D eigenvalue weighted by Crippen LogP contribution is -2.42. The zero-order valence-corrected chi connectivity index (χ0v) is 23.7. The van der Waals surface area contributed by atoms with Crippen LogP contribution in [0.2, 0.25) is 10.0 Å². The summed E-state index contributed by atoms with van der Waals surface area (Å²) in [5.41, 5.74) is 1.36. The summed E-state index contributed by atoms with van der Waals surface area (Å²) in [6.07, 6.45) is 1.09. The van der Waals surface area contributed by atoms with Crippen molar-refractivity contribution < 1.29 is 37.7 Å². The van der Waals surface area contributed by atoms with Crippen LogP contribution in [0.3, 0.4) is 0 Å². The highest BCUT2D eigenvalue weighted by Gasteiger charge is 2.32. The van der Waals surface area contributed by atoms with E-state index in [0.29, 0.717) is 41.4 Å². The number of sulfonamides is 1. The van der Waals surface area contributed by atoms with Gasteiger partial charge < -0.3 is 25.0 Å². The average Bonchev–Trinajstić information content (AvgIpc) is 3.24. The normalized spacial score (nSPS) is 14.6. The van der Waals surface area contributed by atoms with Gasteiger partial charge in [-0.25, -0.2) is 18.0 Å². The number of aliphatic carboxylic acids is 1. The van der Waals surface area contributed by atoms with Gasteiger partial charge in [0.15, 0.2) is 17.2 Å². The van der Waals surface area contributed by atoms with E-state index in [-0.39, 0.29) is 32.3 Å². The molecule has 1 aliphatic heterocycles. The van der Waals surface area contributed by atoms with E-state index in [9.17, 15) is 23.1 Å². The van der Waals surface area contributed by atoms with Crippen LogP contribution in [0, 0.1) is 0 Å². The summed E-state index contributed by atoms with van der Waals surface area (Å²) in [4.78, 5) is 22.8. The number of carbonyl (C=O) groups is 2. The second-order valence-electron chi connectivity index (χ2n) is 8.59. The molecule has 1 fully saturated rings. The first-order valence-electron chi connectivity index (χ1n) is 11.6. The second-order valence-corrected chi connectivity index (χ2v) is 12.3. The van der Waals surface area contributed by atoms with Crippen molar-refractivity contribution in [1.29, 1.82) is 0 Å². The van der Waals surface area contributed by atoms with Crippen LogP contribution in [0.5, 0.6) is 11.5 Å². The Kier molecular flexibility index (Phi) is 8.92. The maximum absolute atomic E-state index is 13.2. The molecule has 0 spiro atoms. The number of benzene rings is 2. The number of hydrogen-bond acceptors (Lipinski definition) is 8. The van der Waals surface area contributed by atoms with Gasteiger partial charge in [-0.2, -0.15) is 4.31 Å². The molecular weight excluding hydrogens is 591 g/mol. The van der Waals surface area contributed by atoms with Gasteiger partial charge in [0, 0.05) is 29.8 Å². The van der Waals surface area contributed by atoms with Crippen molar-refractivity contribution in [3.8, 4) is 21.9 Å². The summed E-state index contributed by atoms with van der Waals surface area (Å²) in [7, 11) is -2.40. The lowest BCUT2D eigenvalue weighted by molar-refractivity contribution is -0.139. The molecule has 208 valence electrons. The molecule has 0 atom stereocenters. The fourth-order valence-electron chi connectivity index (χ4n) is 4.20. The third-order valence-electron chi connectivity index (χ3n) is 6.04. The van der Waals surface area contributed by atoms with Crippen molar-refractivity contribution in [3.05, 3.63) is 57.4 Å². The number of thiophene rings is 1. The van der Waals surface area contributed by atoms with Crippen LogP contribution in [0.1, 0.15) is 22.5 Å². The first-order valence-corrected chi connectivity index (χ1v) is 14.6. The first kappa shape index (κ1) is 29.0. The number of nitrogens with one attached hydrogen (secondary N) is 1. The van der Waals surface area contributed by atoms with Crippen molar-refractivity contribution >= 4 is 62.2 Å². The minimum absolute atomic E-state index is 0.0178. The van der Waals surface area contributed by atoms with E-state index >= 15 is 0 Å². The van der Waals surface area contributed by atoms with E-state index in [4.69, 9.17) is 37.8 Å². The van der Waals surface area contributed by atoms with Crippen molar-refractivity contribution in [2.24, 2.45) is 0 Å². The van der Waals surface area contributed by atoms with E-state index in [1.807, 2.05) is 6.07 Å². The van der Waals surface area contributed by atoms with Gasteiger partial charge in [0.05, 0.1) is 12.0 Å². The van der Waals surface area contributed by atoms with Crippen molar-refractivity contribution in [2.45, 2.75) is 23.8 Å². The second kappa shape index (κ2) is 12.0. The Morgan fingerprint density at radius 2 is 1.85 bits per heavy atom. The summed E-state index contributed by atoms with van der Waals surface area (Å²) in [5, 5.41) is 22.2. The number of carboxylic acids is 2. The summed E-state index contributed by atoms with van der Waals surface area (Å²) in [6, 6.07) is 11.6. The van der Waals surface area contributed by atoms with E-state index in [1.54, 1.807) is 24.3 Å². The molecule has 0 saturated carbocycles. The van der Waals surface area contributed by atoms with Gasteiger partial charge in [-0.15, -0.1) is 11.3 Å². The lowest BCUT2D eigenvalue weighted by atomic mass is 10.1. The molecule has 1 aromatic heterocycles. The topological polar surface area (TPSA) is 142 Å². The van der Waals surface area contributed by atoms with Crippen LogP contribution in [-0.2, 0) is 14.8 Å². The molecule has 3 aromatic rings.